The van der Waals surface area contributed by atoms with E-state index >= 15 is 0 Å². The maximum Gasteiger partial charge on any atom is 0.197 e. The number of ketones is 2. The smallest absolute Gasteiger partial charge is 0.197 e. The monoisotopic (exact) mass is 583 g/mol. The number of fused-ring (bicyclic) bond motifs is 8. The average Bonchev–Trinajstić information content (AvgIpc) is 3.64. The lowest BCUT2D eigenvalue weighted by Crippen LogP contribution is -2.30. The lowest BCUT2D eigenvalue weighted by atomic mass is 9.75. The summed E-state index contributed by atoms with van der Waals surface area (Å²) in [6, 6.07) is 29.3. The number of benzene rings is 4. The van der Waals surface area contributed by atoms with E-state index in [9.17, 15) is 9.59 Å². The van der Waals surface area contributed by atoms with Gasteiger partial charge in [0.1, 0.15) is 5.00 Å². The molecule has 9 rings (SSSR count). The second-order valence-electron chi connectivity index (χ2n) is 11.3. The summed E-state index contributed by atoms with van der Waals surface area (Å²) in [5.41, 5.74) is 5.93. The molecule has 1 aliphatic carbocycles. The predicted molar refractivity (Wildman–Crippen MR) is 171 cm³/mol. The Kier molecular flexibility index (Phi) is 4.66. The summed E-state index contributed by atoms with van der Waals surface area (Å²) in [7, 11) is 0. The molecule has 3 aliphatic rings. The molecule has 4 aromatic carbocycles. The van der Waals surface area contributed by atoms with Crippen LogP contribution in [-0.4, -0.2) is 11.6 Å². The van der Waals surface area contributed by atoms with Crippen molar-refractivity contribution in [2.45, 2.75) is 29.1 Å². The molecule has 0 saturated carbocycles. The van der Waals surface area contributed by atoms with E-state index in [2.05, 4.69) is 79.4 Å². The average molecular weight is 584 g/mol. The number of para-hydroxylation sites is 1. The molecule has 0 saturated heterocycles. The largest absolute Gasteiger partial charge is 0.299 e. The Labute approximate surface area is 248 Å². The first-order valence-corrected chi connectivity index (χ1v) is 16.0. The highest BCUT2D eigenvalue weighted by Gasteiger charge is 2.42. The van der Waals surface area contributed by atoms with Crippen molar-refractivity contribution >= 4 is 88.6 Å². The SMILES string of the molecule is CC1(C)c2cc(C=C3C(=O)c4ccccc4C3=O)sc2N2c3cc4sc5ccccc5c4cc3Sc3cccc1c32. The number of carbonyl (C=O) groups is 2. The Hall–Kier alpha value is -3.97. The van der Waals surface area contributed by atoms with E-state index in [1.54, 1.807) is 23.5 Å². The molecular weight excluding hydrogens is 563 g/mol. The zero-order valence-corrected chi connectivity index (χ0v) is 24.6. The van der Waals surface area contributed by atoms with Gasteiger partial charge in [-0.1, -0.05) is 80.2 Å². The van der Waals surface area contributed by atoms with Crippen LogP contribution >= 0.6 is 34.4 Å². The number of anilines is 3. The highest BCUT2D eigenvalue weighted by molar-refractivity contribution is 7.99. The van der Waals surface area contributed by atoms with Gasteiger partial charge in [0.15, 0.2) is 11.6 Å². The summed E-state index contributed by atoms with van der Waals surface area (Å²) in [6.45, 7) is 4.55. The van der Waals surface area contributed by atoms with E-state index in [-0.39, 0.29) is 22.6 Å². The number of hydrogen-bond acceptors (Lipinski definition) is 6. The van der Waals surface area contributed by atoms with E-state index in [0.717, 1.165) is 9.88 Å². The molecule has 4 heterocycles. The van der Waals surface area contributed by atoms with Crippen LogP contribution in [0.5, 0.6) is 0 Å². The molecule has 6 aromatic rings. The molecule has 0 spiro atoms. The lowest BCUT2D eigenvalue weighted by Gasteiger charge is -2.43. The number of Topliss-reactive ketones (excluding diaryl/α,β-unsaturated/α-hetero) is 2. The summed E-state index contributed by atoms with van der Waals surface area (Å²) >= 11 is 5.34. The molecular formula is C35H21NO2S3. The number of carbonyl (C=O) groups excluding carboxylic acids is 2. The van der Waals surface area contributed by atoms with Crippen molar-refractivity contribution in [2.75, 3.05) is 4.90 Å². The fourth-order valence-corrected chi connectivity index (χ4v) is 10.1. The van der Waals surface area contributed by atoms with E-state index in [4.69, 9.17) is 0 Å². The van der Waals surface area contributed by atoms with Crippen LogP contribution in [0.15, 0.2) is 100 Å². The van der Waals surface area contributed by atoms with Gasteiger partial charge < -0.3 is 0 Å². The van der Waals surface area contributed by atoms with Crippen LogP contribution in [0.1, 0.15) is 50.6 Å². The van der Waals surface area contributed by atoms with Gasteiger partial charge in [-0.25, -0.2) is 0 Å². The first-order chi connectivity index (χ1) is 19.9. The van der Waals surface area contributed by atoms with Gasteiger partial charge in [-0.3, -0.25) is 14.5 Å². The molecule has 0 bridgehead atoms. The molecule has 0 atom stereocenters. The molecule has 0 N–H and O–H groups in total. The summed E-state index contributed by atoms with van der Waals surface area (Å²) in [4.78, 5) is 32.2. The van der Waals surface area contributed by atoms with Crippen LogP contribution in [0.3, 0.4) is 0 Å². The highest BCUT2D eigenvalue weighted by Crippen LogP contribution is 2.62. The number of thiophene rings is 2. The minimum atomic E-state index is -0.239. The molecule has 0 amide bonds. The van der Waals surface area contributed by atoms with Crippen LogP contribution in [-0.2, 0) is 5.41 Å². The molecule has 2 aliphatic heterocycles. The van der Waals surface area contributed by atoms with Gasteiger partial charge in [-0.05, 0) is 47.5 Å². The van der Waals surface area contributed by atoms with Crippen molar-refractivity contribution < 1.29 is 9.59 Å². The van der Waals surface area contributed by atoms with E-state index in [0.29, 0.717) is 11.1 Å². The Morgan fingerprint density at radius 2 is 1.46 bits per heavy atom. The van der Waals surface area contributed by atoms with Crippen molar-refractivity contribution in [3.05, 3.63) is 118 Å². The van der Waals surface area contributed by atoms with Crippen molar-refractivity contribution in [1.82, 2.24) is 0 Å². The quantitative estimate of drug-likeness (QED) is 0.142. The van der Waals surface area contributed by atoms with Gasteiger partial charge in [0.05, 0.1) is 16.9 Å². The summed E-state index contributed by atoms with van der Waals surface area (Å²) < 4.78 is 2.57. The molecule has 0 unspecified atom stereocenters. The van der Waals surface area contributed by atoms with E-state index < -0.39 is 0 Å². The first-order valence-electron chi connectivity index (χ1n) is 13.5. The normalized spacial score (nSPS) is 16.1. The van der Waals surface area contributed by atoms with E-state index in [1.807, 2.05) is 41.3 Å². The van der Waals surface area contributed by atoms with E-state index in [1.165, 1.54) is 52.5 Å². The zero-order valence-electron chi connectivity index (χ0n) is 22.1. The Balaban J connectivity index is 1.27. The molecule has 0 radical (unpaired) electrons. The van der Waals surface area contributed by atoms with Crippen molar-refractivity contribution in [3.63, 3.8) is 0 Å². The highest BCUT2D eigenvalue weighted by atomic mass is 32.2. The summed E-state index contributed by atoms with van der Waals surface area (Å²) in [6.07, 6.45) is 1.81. The minimum absolute atomic E-state index is 0.186. The van der Waals surface area contributed by atoms with Gasteiger partial charge in [-0.15, -0.1) is 22.7 Å². The number of allylic oxidation sites excluding steroid dienone is 1. The van der Waals surface area contributed by atoms with Crippen LogP contribution in [0, 0.1) is 0 Å². The Bertz CT molecular complexity index is 2180. The van der Waals surface area contributed by atoms with Crippen molar-refractivity contribution in [3.8, 4) is 0 Å². The fourth-order valence-electron chi connectivity index (χ4n) is 6.56. The van der Waals surface area contributed by atoms with Crippen molar-refractivity contribution in [1.29, 1.82) is 0 Å². The summed E-state index contributed by atoms with van der Waals surface area (Å²) in [5.74, 6) is -0.373. The number of hydrogen-bond donors (Lipinski definition) is 0. The van der Waals surface area contributed by atoms with Gasteiger partial charge in [0.25, 0.3) is 0 Å². The Morgan fingerprint density at radius 3 is 2.27 bits per heavy atom. The second-order valence-corrected chi connectivity index (χ2v) is 14.5. The molecule has 3 nitrogen and oxygen atoms in total. The van der Waals surface area contributed by atoms with Crippen LogP contribution in [0.4, 0.5) is 16.4 Å². The topological polar surface area (TPSA) is 37.4 Å². The van der Waals surface area contributed by atoms with Crippen LogP contribution in [0.25, 0.3) is 26.2 Å². The molecule has 2 aromatic heterocycles. The minimum Gasteiger partial charge on any atom is -0.299 e. The second kappa shape index (κ2) is 8.07. The Morgan fingerprint density at radius 1 is 0.707 bits per heavy atom. The third-order valence-electron chi connectivity index (χ3n) is 8.62. The maximum absolute atomic E-state index is 13.2. The van der Waals surface area contributed by atoms with Gasteiger partial charge in [0.2, 0.25) is 0 Å². The third kappa shape index (κ3) is 3.10. The maximum atomic E-state index is 13.2. The molecule has 6 heteroatoms. The van der Waals surface area contributed by atoms with Crippen LogP contribution < -0.4 is 4.90 Å². The third-order valence-corrected chi connectivity index (χ3v) is 11.9. The first kappa shape index (κ1) is 23.7. The fraction of sp³-hybridized carbons (Fsp3) is 0.0857. The zero-order chi connectivity index (χ0) is 27.6. The lowest BCUT2D eigenvalue weighted by molar-refractivity contribution is 0.0990. The standard InChI is InChI=1S/C35H21NO2S3/c1-35(2)24-11-7-13-28-31(24)36(26-17-29-22(16-30(26)41-28)19-8-5-6-12-27(19)40-29)34-25(35)15-18(39-34)14-23-32(37)20-9-3-4-10-21(20)33(23)38/h3-17H,1-2H3. The summed E-state index contributed by atoms with van der Waals surface area (Å²) in [5, 5.41) is 3.75. The number of rotatable bonds is 1. The predicted octanol–water partition coefficient (Wildman–Crippen LogP) is 10.2. The van der Waals surface area contributed by atoms with Gasteiger partial charge in [0, 0.05) is 51.4 Å². The molecule has 196 valence electrons. The van der Waals surface area contributed by atoms with Gasteiger partial charge in [-0.2, -0.15) is 0 Å². The molecule has 0 fully saturated rings. The molecule has 41 heavy (non-hydrogen) atoms. The van der Waals surface area contributed by atoms with Crippen LogP contribution in [0.2, 0.25) is 0 Å². The van der Waals surface area contributed by atoms with Gasteiger partial charge >= 0.3 is 0 Å². The number of nitrogens with zero attached hydrogens (tertiary/aromatic N) is 1. The van der Waals surface area contributed by atoms with Crippen molar-refractivity contribution in [2.24, 2.45) is 0 Å².